The van der Waals surface area contributed by atoms with Crippen molar-refractivity contribution in [2.24, 2.45) is 4.99 Å². The summed E-state index contributed by atoms with van der Waals surface area (Å²) in [5.41, 5.74) is 1.79. The molecule has 5 nitrogen and oxygen atoms in total. The van der Waals surface area contributed by atoms with Gasteiger partial charge in [-0.1, -0.05) is 12.1 Å². The van der Waals surface area contributed by atoms with Crippen LogP contribution in [0, 0.1) is 11.3 Å². The Hall–Kier alpha value is -1.87. The maximum absolute atomic E-state index is 9.33. The number of nitrogens with zero attached hydrogens (tertiary/aromatic N) is 3. The number of nitriles is 1. The normalized spacial score (nSPS) is 17.9. The molecular weight excluding hydrogens is 330 g/mol. The van der Waals surface area contributed by atoms with Crippen molar-refractivity contribution in [2.75, 3.05) is 43.6 Å². The van der Waals surface area contributed by atoms with Gasteiger partial charge >= 0.3 is 0 Å². The van der Waals surface area contributed by atoms with Gasteiger partial charge in [0.1, 0.15) is 6.07 Å². The summed E-state index contributed by atoms with van der Waals surface area (Å²) >= 11 is 1.89. The van der Waals surface area contributed by atoms with Gasteiger partial charge in [0.25, 0.3) is 0 Å². The third kappa shape index (κ3) is 6.17. The topological polar surface area (TPSA) is 63.5 Å². The van der Waals surface area contributed by atoms with E-state index in [1.54, 1.807) is 0 Å². The number of rotatable bonds is 7. The van der Waals surface area contributed by atoms with Gasteiger partial charge < -0.3 is 15.5 Å². The van der Waals surface area contributed by atoms with Crippen molar-refractivity contribution in [3.05, 3.63) is 29.8 Å². The number of nitrogens with one attached hydrogen (secondary N) is 2. The smallest absolute Gasteiger partial charge is 0.191 e. The molecule has 25 heavy (non-hydrogen) atoms. The minimum absolute atomic E-state index is 0.345. The second-order valence-corrected chi connectivity index (χ2v) is 7.24. The first-order valence-corrected chi connectivity index (χ1v) is 10.4. The molecule has 1 aliphatic heterocycles. The van der Waals surface area contributed by atoms with E-state index >= 15 is 0 Å². The van der Waals surface area contributed by atoms with Gasteiger partial charge in [0, 0.05) is 32.7 Å². The summed E-state index contributed by atoms with van der Waals surface area (Å²) in [6, 6.07) is 10.5. The first-order valence-electron chi connectivity index (χ1n) is 8.98. The molecule has 0 spiro atoms. The van der Waals surface area contributed by atoms with Crippen LogP contribution in [0.2, 0.25) is 0 Å². The largest absolute Gasteiger partial charge is 0.368 e. The molecule has 1 aromatic rings. The number of hydrogen-bond donors (Lipinski definition) is 2. The molecule has 0 aliphatic carbocycles. The molecular formula is C19H29N5S. The van der Waals surface area contributed by atoms with Crippen LogP contribution in [0.15, 0.2) is 29.3 Å². The van der Waals surface area contributed by atoms with Crippen LogP contribution in [0.3, 0.4) is 0 Å². The summed E-state index contributed by atoms with van der Waals surface area (Å²) in [7, 11) is 1.82. The van der Waals surface area contributed by atoms with Gasteiger partial charge in [-0.05, 0) is 49.8 Å². The molecule has 136 valence electrons. The van der Waals surface area contributed by atoms with E-state index < -0.39 is 0 Å². The Bertz CT molecular complexity index is 596. The van der Waals surface area contributed by atoms with Crippen molar-refractivity contribution < 1.29 is 0 Å². The highest BCUT2D eigenvalue weighted by Gasteiger charge is 2.22. The lowest BCUT2D eigenvalue weighted by molar-refractivity contribution is 0.467. The van der Waals surface area contributed by atoms with Crippen molar-refractivity contribution in [1.29, 1.82) is 5.26 Å². The second kappa shape index (κ2) is 10.9. The molecule has 2 rings (SSSR count). The van der Waals surface area contributed by atoms with Gasteiger partial charge in [-0.15, -0.1) is 0 Å². The third-order valence-corrected chi connectivity index (χ3v) is 5.12. The number of piperidine rings is 1. The van der Waals surface area contributed by atoms with Crippen molar-refractivity contribution in [2.45, 2.75) is 31.7 Å². The van der Waals surface area contributed by atoms with Crippen molar-refractivity contribution >= 4 is 23.4 Å². The number of thioether (sulfide) groups is 1. The summed E-state index contributed by atoms with van der Waals surface area (Å²) in [6.45, 7) is 2.84. The molecule has 1 unspecified atom stereocenters. The van der Waals surface area contributed by atoms with Crippen LogP contribution in [0.1, 0.15) is 31.2 Å². The minimum Gasteiger partial charge on any atom is -0.368 e. The number of hydrogen-bond acceptors (Lipinski definition) is 4. The number of aliphatic imine (C=N–C) groups is 1. The second-order valence-electron chi connectivity index (χ2n) is 6.26. The van der Waals surface area contributed by atoms with Crippen LogP contribution in [-0.2, 0) is 0 Å². The average Bonchev–Trinajstić information content (AvgIpc) is 2.67. The SMILES string of the molecule is CN=C(NCCCCSC)NC1CCCN(c2ccccc2C#N)C1. The Morgan fingerprint density at radius 3 is 3.00 bits per heavy atom. The Morgan fingerprint density at radius 1 is 1.40 bits per heavy atom. The standard InChI is InChI=1S/C19H29N5S/c1-21-19(22-11-5-6-13-25-2)23-17-9-7-12-24(15-17)18-10-4-3-8-16(18)14-20/h3-4,8,10,17H,5-7,9,11-13,15H2,1-2H3,(H2,21,22,23). The molecule has 1 aromatic carbocycles. The van der Waals surface area contributed by atoms with E-state index in [9.17, 15) is 5.26 Å². The fourth-order valence-corrected chi connectivity index (χ4v) is 3.62. The van der Waals surface area contributed by atoms with Crippen molar-refractivity contribution in [3.8, 4) is 6.07 Å². The Morgan fingerprint density at radius 2 is 2.24 bits per heavy atom. The highest BCUT2D eigenvalue weighted by Crippen LogP contribution is 2.23. The molecule has 1 fully saturated rings. The lowest BCUT2D eigenvalue weighted by atomic mass is 10.0. The van der Waals surface area contributed by atoms with Crippen molar-refractivity contribution in [3.63, 3.8) is 0 Å². The predicted octanol–water partition coefficient (Wildman–Crippen LogP) is 2.84. The zero-order valence-corrected chi connectivity index (χ0v) is 16.1. The van der Waals surface area contributed by atoms with E-state index in [-0.39, 0.29) is 0 Å². The van der Waals surface area contributed by atoms with Crippen molar-refractivity contribution in [1.82, 2.24) is 10.6 Å². The fourth-order valence-electron chi connectivity index (χ4n) is 3.12. The van der Waals surface area contributed by atoms with E-state index in [1.807, 2.05) is 43.1 Å². The quantitative estimate of drug-likeness (QED) is 0.445. The van der Waals surface area contributed by atoms with E-state index in [2.05, 4.69) is 32.9 Å². The van der Waals surface area contributed by atoms with Crippen LogP contribution in [0.25, 0.3) is 0 Å². The van der Waals surface area contributed by atoms with Crippen LogP contribution >= 0.6 is 11.8 Å². The van der Waals surface area contributed by atoms with Gasteiger partial charge in [0.2, 0.25) is 0 Å². The Balaban J connectivity index is 1.87. The zero-order valence-electron chi connectivity index (χ0n) is 15.3. The summed E-state index contributed by atoms with van der Waals surface area (Å²) < 4.78 is 0. The predicted molar refractivity (Wildman–Crippen MR) is 109 cm³/mol. The van der Waals surface area contributed by atoms with Crippen LogP contribution < -0.4 is 15.5 Å². The van der Waals surface area contributed by atoms with Crippen LogP contribution in [-0.4, -0.2) is 50.7 Å². The summed E-state index contributed by atoms with van der Waals surface area (Å²) in [4.78, 5) is 6.66. The molecule has 1 atom stereocenters. The fraction of sp³-hybridized carbons (Fsp3) is 0.579. The van der Waals surface area contributed by atoms with Gasteiger partial charge in [0.05, 0.1) is 11.3 Å². The zero-order chi connectivity index (χ0) is 17.9. The summed E-state index contributed by atoms with van der Waals surface area (Å²) in [5, 5.41) is 16.3. The number of anilines is 1. The molecule has 1 heterocycles. The molecule has 0 bridgehead atoms. The third-order valence-electron chi connectivity index (χ3n) is 4.42. The van der Waals surface area contributed by atoms with E-state index in [0.29, 0.717) is 6.04 Å². The number of guanidine groups is 1. The van der Waals surface area contributed by atoms with Gasteiger partial charge in [-0.25, -0.2) is 0 Å². The molecule has 6 heteroatoms. The van der Waals surface area contributed by atoms with E-state index in [4.69, 9.17) is 0 Å². The summed E-state index contributed by atoms with van der Waals surface area (Å²) in [5.74, 6) is 2.09. The molecule has 2 N–H and O–H groups in total. The summed E-state index contributed by atoms with van der Waals surface area (Å²) in [6.07, 6.45) is 6.77. The van der Waals surface area contributed by atoms with Gasteiger partial charge in [0.15, 0.2) is 5.96 Å². The van der Waals surface area contributed by atoms with Crippen LogP contribution in [0.4, 0.5) is 5.69 Å². The molecule has 0 aromatic heterocycles. The Kier molecular flexibility index (Phi) is 8.47. The Labute approximate surface area is 155 Å². The lowest BCUT2D eigenvalue weighted by Crippen LogP contribution is -2.51. The first kappa shape index (κ1) is 19.5. The van der Waals surface area contributed by atoms with E-state index in [0.717, 1.165) is 56.1 Å². The monoisotopic (exact) mass is 359 g/mol. The number of benzene rings is 1. The first-order chi connectivity index (χ1) is 12.3. The molecule has 0 radical (unpaired) electrons. The number of unbranched alkanes of at least 4 members (excludes halogenated alkanes) is 1. The molecule has 0 saturated carbocycles. The maximum Gasteiger partial charge on any atom is 0.191 e. The molecule has 0 amide bonds. The van der Waals surface area contributed by atoms with Gasteiger partial charge in [-0.3, -0.25) is 4.99 Å². The van der Waals surface area contributed by atoms with Crippen LogP contribution in [0.5, 0.6) is 0 Å². The minimum atomic E-state index is 0.345. The molecule has 1 aliphatic rings. The number of para-hydroxylation sites is 1. The van der Waals surface area contributed by atoms with E-state index in [1.165, 1.54) is 12.2 Å². The highest BCUT2D eigenvalue weighted by atomic mass is 32.2. The maximum atomic E-state index is 9.33. The lowest BCUT2D eigenvalue weighted by Gasteiger charge is -2.35. The average molecular weight is 360 g/mol. The van der Waals surface area contributed by atoms with Gasteiger partial charge in [-0.2, -0.15) is 17.0 Å². The highest BCUT2D eigenvalue weighted by molar-refractivity contribution is 7.98. The molecule has 1 saturated heterocycles.